The Kier molecular flexibility index (Phi) is 4.57. The van der Waals surface area contributed by atoms with E-state index >= 15 is 0 Å². The molecule has 2 aliphatic heterocycles. The molecule has 2 saturated heterocycles. The van der Waals surface area contributed by atoms with Gasteiger partial charge in [0.1, 0.15) is 0 Å². The van der Waals surface area contributed by atoms with Gasteiger partial charge in [-0.05, 0) is 30.5 Å². The van der Waals surface area contributed by atoms with Crippen LogP contribution in [0.25, 0.3) is 0 Å². The molecule has 0 aliphatic carbocycles. The summed E-state index contributed by atoms with van der Waals surface area (Å²) < 4.78 is 0. The largest absolute Gasteiger partial charge is 0.316 e. The summed E-state index contributed by atoms with van der Waals surface area (Å²) in [6.07, 6.45) is 0. The van der Waals surface area contributed by atoms with E-state index < -0.39 is 0 Å². The van der Waals surface area contributed by atoms with Crippen molar-refractivity contribution >= 4 is 0 Å². The summed E-state index contributed by atoms with van der Waals surface area (Å²) in [6.45, 7) is 10.2. The lowest BCUT2D eigenvalue weighted by molar-refractivity contribution is 0.305. The summed E-state index contributed by atoms with van der Waals surface area (Å²) in [7, 11) is 0. The Balaban J connectivity index is 0.000000514. The molecule has 1 aromatic carbocycles. The molecule has 2 atom stereocenters. The predicted molar refractivity (Wildman–Crippen MR) is 72.9 cm³/mol. The minimum absolute atomic E-state index is 0.911. The van der Waals surface area contributed by atoms with Crippen LogP contribution < -0.4 is 5.32 Å². The molecule has 2 heteroatoms. The minimum Gasteiger partial charge on any atom is -0.316 e. The average molecular weight is 232 g/mol. The summed E-state index contributed by atoms with van der Waals surface area (Å²) in [5.74, 6) is 1.82. The molecule has 0 amide bonds. The smallest absolute Gasteiger partial charge is 0.0233 e. The quantitative estimate of drug-likeness (QED) is 0.842. The lowest BCUT2D eigenvalue weighted by Crippen LogP contribution is -2.25. The second-order valence-corrected chi connectivity index (χ2v) is 4.86. The Bertz CT molecular complexity index is 311. The van der Waals surface area contributed by atoms with E-state index in [1.54, 1.807) is 0 Å². The van der Waals surface area contributed by atoms with Crippen LogP contribution >= 0.6 is 0 Å². The maximum atomic E-state index is 3.48. The molecule has 0 bridgehead atoms. The molecule has 2 heterocycles. The Morgan fingerprint density at radius 2 is 1.65 bits per heavy atom. The van der Waals surface area contributed by atoms with Gasteiger partial charge in [0.05, 0.1) is 0 Å². The third-order valence-corrected chi connectivity index (χ3v) is 3.71. The van der Waals surface area contributed by atoms with Crippen molar-refractivity contribution in [3.63, 3.8) is 0 Å². The normalized spacial score (nSPS) is 27.4. The molecule has 1 N–H and O–H groups in total. The van der Waals surface area contributed by atoms with E-state index in [0.717, 1.165) is 18.4 Å². The highest BCUT2D eigenvalue weighted by Crippen LogP contribution is 2.27. The predicted octanol–water partition coefficient (Wildman–Crippen LogP) is 2.36. The third-order valence-electron chi connectivity index (χ3n) is 3.71. The lowest BCUT2D eigenvalue weighted by Gasteiger charge is -2.16. The van der Waals surface area contributed by atoms with Gasteiger partial charge in [0.2, 0.25) is 0 Å². The van der Waals surface area contributed by atoms with Crippen LogP contribution in [-0.4, -0.2) is 31.1 Å². The monoisotopic (exact) mass is 232 g/mol. The zero-order valence-corrected chi connectivity index (χ0v) is 11.0. The molecule has 1 aromatic rings. The first-order valence-electron chi connectivity index (χ1n) is 6.89. The van der Waals surface area contributed by atoms with E-state index in [4.69, 9.17) is 0 Å². The van der Waals surface area contributed by atoms with E-state index in [9.17, 15) is 0 Å². The van der Waals surface area contributed by atoms with Crippen LogP contribution in [0.15, 0.2) is 30.3 Å². The highest BCUT2D eigenvalue weighted by Gasteiger charge is 2.35. The zero-order chi connectivity index (χ0) is 12.1. The van der Waals surface area contributed by atoms with Crippen LogP contribution in [0.4, 0.5) is 0 Å². The Labute approximate surface area is 105 Å². The Morgan fingerprint density at radius 3 is 2.24 bits per heavy atom. The second-order valence-electron chi connectivity index (χ2n) is 4.86. The van der Waals surface area contributed by atoms with Crippen molar-refractivity contribution in [2.75, 3.05) is 26.2 Å². The van der Waals surface area contributed by atoms with Crippen molar-refractivity contribution in [3.8, 4) is 0 Å². The molecule has 0 aromatic heterocycles. The summed E-state index contributed by atoms with van der Waals surface area (Å²) in [4.78, 5) is 2.60. The van der Waals surface area contributed by atoms with Crippen LogP contribution in [0.3, 0.4) is 0 Å². The Morgan fingerprint density at radius 1 is 1.06 bits per heavy atom. The van der Waals surface area contributed by atoms with E-state index in [1.165, 1.54) is 31.7 Å². The molecular formula is C15H24N2. The van der Waals surface area contributed by atoms with Crippen molar-refractivity contribution in [3.05, 3.63) is 35.9 Å². The molecule has 2 fully saturated rings. The van der Waals surface area contributed by atoms with Crippen LogP contribution in [0, 0.1) is 11.8 Å². The summed E-state index contributed by atoms with van der Waals surface area (Å²) in [5, 5.41) is 3.48. The average Bonchev–Trinajstić information content (AvgIpc) is 2.94. The van der Waals surface area contributed by atoms with Gasteiger partial charge in [-0.15, -0.1) is 0 Å². The fraction of sp³-hybridized carbons (Fsp3) is 0.600. The van der Waals surface area contributed by atoms with E-state index in [2.05, 4.69) is 40.5 Å². The molecule has 3 rings (SSSR count). The first kappa shape index (κ1) is 12.6. The van der Waals surface area contributed by atoms with Crippen molar-refractivity contribution in [1.82, 2.24) is 10.2 Å². The van der Waals surface area contributed by atoms with Gasteiger partial charge in [0, 0.05) is 19.6 Å². The fourth-order valence-electron chi connectivity index (χ4n) is 2.92. The van der Waals surface area contributed by atoms with Gasteiger partial charge in [0.15, 0.2) is 0 Å². The summed E-state index contributed by atoms with van der Waals surface area (Å²) in [5.41, 5.74) is 1.45. The van der Waals surface area contributed by atoms with Crippen LogP contribution in [0.5, 0.6) is 0 Å². The van der Waals surface area contributed by atoms with Gasteiger partial charge in [-0.25, -0.2) is 0 Å². The highest BCUT2D eigenvalue weighted by molar-refractivity contribution is 5.14. The van der Waals surface area contributed by atoms with Gasteiger partial charge < -0.3 is 5.32 Å². The number of hydrogen-bond acceptors (Lipinski definition) is 2. The van der Waals surface area contributed by atoms with Gasteiger partial charge in [-0.3, -0.25) is 4.90 Å². The second kappa shape index (κ2) is 6.18. The van der Waals surface area contributed by atoms with E-state index in [0.29, 0.717) is 0 Å². The zero-order valence-electron chi connectivity index (χ0n) is 11.0. The number of hydrogen-bond donors (Lipinski definition) is 1. The molecule has 94 valence electrons. The SMILES string of the molecule is CC.c1ccc(CN2CC3CNCC3C2)cc1. The molecule has 2 aliphatic rings. The maximum absolute atomic E-state index is 3.48. The maximum Gasteiger partial charge on any atom is 0.0233 e. The highest BCUT2D eigenvalue weighted by atomic mass is 15.2. The summed E-state index contributed by atoms with van der Waals surface area (Å²) >= 11 is 0. The third kappa shape index (κ3) is 3.08. The first-order valence-corrected chi connectivity index (χ1v) is 6.89. The van der Waals surface area contributed by atoms with Crippen molar-refractivity contribution in [2.24, 2.45) is 11.8 Å². The molecular weight excluding hydrogens is 208 g/mol. The van der Waals surface area contributed by atoms with Crippen LogP contribution in [-0.2, 0) is 6.54 Å². The molecule has 0 saturated carbocycles. The number of likely N-dealkylation sites (tertiary alicyclic amines) is 1. The van der Waals surface area contributed by atoms with Crippen molar-refractivity contribution < 1.29 is 0 Å². The Hall–Kier alpha value is -0.860. The molecule has 0 radical (unpaired) electrons. The lowest BCUT2D eigenvalue weighted by atomic mass is 10.0. The standard InChI is InChI=1S/C13H18N2.C2H6/c1-2-4-11(5-3-1)8-15-9-12-6-14-7-13(12)10-15;1-2/h1-5,12-14H,6-10H2;1-2H3. The van der Waals surface area contributed by atoms with Crippen LogP contribution in [0.2, 0.25) is 0 Å². The van der Waals surface area contributed by atoms with E-state index in [-0.39, 0.29) is 0 Å². The summed E-state index contributed by atoms with van der Waals surface area (Å²) in [6, 6.07) is 10.8. The number of benzene rings is 1. The van der Waals surface area contributed by atoms with Gasteiger partial charge in [-0.2, -0.15) is 0 Å². The number of rotatable bonds is 2. The van der Waals surface area contributed by atoms with Gasteiger partial charge >= 0.3 is 0 Å². The first-order chi connectivity index (χ1) is 8.42. The minimum atomic E-state index is 0.911. The fourth-order valence-corrected chi connectivity index (χ4v) is 2.92. The number of nitrogens with zero attached hydrogens (tertiary/aromatic N) is 1. The molecule has 0 spiro atoms. The van der Waals surface area contributed by atoms with Crippen LogP contribution in [0.1, 0.15) is 19.4 Å². The molecule has 2 nitrogen and oxygen atoms in total. The van der Waals surface area contributed by atoms with Gasteiger partial charge in [-0.1, -0.05) is 44.2 Å². The van der Waals surface area contributed by atoms with E-state index in [1.807, 2.05) is 13.8 Å². The van der Waals surface area contributed by atoms with Crippen molar-refractivity contribution in [2.45, 2.75) is 20.4 Å². The van der Waals surface area contributed by atoms with Gasteiger partial charge in [0.25, 0.3) is 0 Å². The molecule has 17 heavy (non-hydrogen) atoms. The number of fused-ring (bicyclic) bond motifs is 1. The topological polar surface area (TPSA) is 15.3 Å². The molecule has 2 unspecified atom stereocenters. The number of nitrogens with one attached hydrogen (secondary N) is 1. The van der Waals surface area contributed by atoms with Crippen molar-refractivity contribution in [1.29, 1.82) is 0 Å².